The Morgan fingerprint density at radius 2 is 2.18 bits per heavy atom. The normalized spacial score (nSPS) is 11.5. The van der Waals surface area contributed by atoms with Crippen molar-refractivity contribution in [3.05, 3.63) is 47.8 Å². The van der Waals surface area contributed by atoms with Gasteiger partial charge < -0.3 is 15.8 Å². The smallest absolute Gasteiger partial charge is 0.316 e. The van der Waals surface area contributed by atoms with Crippen LogP contribution in [0.5, 0.6) is 6.01 Å². The molecule has 1 aromatic carbocycles. The fraction of sp³-hybridized carbons (Fsp3) is 0.312. The average Bonchev–Trinajstić information content (AvgIpc) is 2.53. The van der Waals surface area contributed by atoms with Gasteiger partial charge >= 0.3 is 6.01 Å². The maximum Gasteiger partial charge on any atom is 0.316 e. The average molecular weight is 299 g/mol. The molecule has 0 amide bonds. The van der Waals surface area contributed by atoms with Gasteiger partial charge in [0.25, 0.3) is 0 Å². The molecule has 0 aliphatic heterocycles. The monoisotopic (exact) mass is 299 g/mol. The lowest BCUT2D eigenvalue weighted by atomic mass is 10.0. The van der Waals surface area contributed by atoms with Crippen molar-refractivity contribution in [2.75, 3.05) is 12.4 Å². The van der Waals surface area contributed by atoms with E-state index < -0.39 is 0 Å². The lowest BCUT2D eigenvalue weighted by Gasteiger charge is -2.10. The fourth-order valence-electron chi connectivity index (χ4n) is 1.89. The maximum absolute atomic E-state index is 5.91. The molecule has 2 rings (SSSR count). The number of nitrogens with one attached hydrogen (secondary N) is 1. The molecule has 0 aliphatic carbocycles. The van der Waals surface area contributed by atoms with Gasteiger partial charge in [-0.3, -0.25) is 0 Å². The van der Waals surface area contributed by atoms with Crippen molar-refractivity contribution in [2.45, 2.75) is 26.3 Å². The Morgan fingerprint density at radius 3 is 2.91 bits per heavy atom. The third kappa shape index (κ3) is 4.44. The standard InChI is InChI=1S/C16H21N5O/c1-11(2)12-5-4-6-13(9-12)20-15(17)19-10-14-7-8-18-16(21-14)22-3/h4-9,11H,10H2,1-3H3,(H3,17,19,20). The van der Waals surface area contributed by atoms with Crippen LogP contribution in [-0.2, 0) is 6.54 Å². The van der Waals surface area contributed by atoms with Gasteiger partial charge in [0.1, 0.15) is 0 Å². The molecule has 6 heteroatoms. The number of guanidine groups is 1. The highest BCUT2D eigenvalue weighted by molar-refractivity contribution is 5.92. The highest BCUT2D eigenvalue weighted by Gasteiger charge is 2.02. The fourth-order valence-corrected chi connectivity index (χ4v) is 1.89. The molecule has 2 aromatic rings. The molecule has 0 saturated heterocycles. The second-order valence-corrected chi connectivity index (χ2v) is 5.14. The van der Waals surface area contributed by atoms with Crippen LogP contribution in [-0.4, -0.2) is 23.0 Å². The first-order valence-corrected chi connectivity index (χ1v) is 7.11. The Kier molecular flexibility index (Phi) is 5.30. The molecule has 0 saturated carbocycles. The van der Waals surface area contributed by atoms with Crippen LogP contribution in [0.1, 0.15) is 31.0 Å². The molecule has 1 heterocycles. The molecule has 0 fully saturated rings. The number of ether oxygens (including phenoxy) is 1. The molecule has 0 aliphatic rings. The Labute approximate surface area is 130 Å². The Morgan fingerprint density at radius 1 is 1.36 bits per heavy atom. The van der Waals surface area contributed by atoms with E-state index in [1.165, 1.54) is 12.7 Å². The number of hydrogen-bond donors (Lipinski definition) is 2. The topological polar surface area (TPSA) is 85.4 Å². The van der Waals surface area contributed by atoms with Gasteiger partial charge in [-0.1, -0.05) is 26.0 Å². The summed E-state index contributed by atoms with van der Waals surface area (Å²) in [5, 5.41) is 3.09. The number of anilines is 1. The quantitative estimate of drug-likeness (QED) is 0.654. The van der Waals surface area contributed by atoms with Crippen LogP contribution in [0.15, 0.2) is 41.5 Å². The zero-order valence-electron chi connectivity index (χ0n) is 13.1. The van der Waals surface area contributed by atoms with Gasteiger partial charge in [-0.2, -0.15) is 4.98 Å². The first-order chi connectivity index (χ1) is 10.6. The van der Waals surface area contributed by atoms with Crippen molar-refractivity contribution in [3.8, 4) is 6.01 Å². The summed E-state index contributed by atoms with van der Waals surface area (Å²) in [5.41, 5.74) is 8.83. The summed E-state index contributed by atoms with van der Waals surface area (Å²) in [4.78, 5) is 12.4. The molecule has 0 unspecified atom stereocenters. The van der Waals surface area contributed by atoms with Crippen LogP contribution < -0.4 is 15.8 Å². The Hall–Kier alpha value is -2.63. The highest BCUT2D eigenvalue weighted by atomic mass is 16.5. The van der Waals surface area contributed by atoms with Gasteiger partial charge in [-0.15, -0.1) is 0 Å². The van der Waals surface area contributed by atoms with E-state index in [-0.39, 0.29) is 0 Å². The molecule has 116 valence electrons. The van der Waals surface area contributed by atoms with E-state index in [0.29, 0.717) is 24.4 Å². The van der Waals surface area contributed by atoms with Crippen molar-refractivity contribution in [2.24, 2.45) is 10.7 Å². The molecular formula is C16H21N5O. The summed E-state index contributed by atoms with van der Waals surface area (Å²) in [6, 6.07) is 10.2. The lowest BCUT2D eigenvalue weighted by molar-refractivity contribution is 0.378. The first-order valence-electron chi connectivity index (χ1n) is 7.11. The minimum Gasteiger partial charge on any atom is -0.467 e. The van der Waals surface area contributed by atoms with E-state index >= 15 is 0 Å². The largest absolute Gasteiger partial charge is 0.467 e. The minimum absolute atomic E-state index is 0.323. The van der Waals surface area contributed by atoms with Crippen LogP contribution in [0.3, 0.4) is 0 Å². The number of aromatic nitrogens is 2. The predicted molar refractivity (Wildman–Crippen MR) is 88.1 cm³/mol. The molecular weight excluding hydrogens is 278 g/mol. The maximum atomic E-state index is 5.91. The van der Waals surface area contributed by atoms with Crippen LogP contribution in [0, 0.1) is 0 Å². The highest BCUT2D eigenvalue weighted by Crippen LogP contribution is 2.18. The molecule has 0 radical (unpaired) electrons. The zero-order chi connectivity index (χ0) is 15.9. The van der Waals surface area contributed by atoms with E-state index in [2.05, 4.69) is 46.3 Å². The summed E-state index contributed by atoms with van der Waals surface area (Å²) in [7, 11) is 1.53. The van der Waals surface area contributed by atoms with Crippen LogP contribution >= 0.6 is 0 Å². The predicted octanol–water partition coefficient (Wildman–Crippen LogP) is 2.54. The van der Waals surface area contributed by atoms with E-state index in [9.17, 15) is 0 Å². The molecule has 0 bridgehead atoms. The molecule has 3 N–H and O–H groups in total. The van der Waals surface area contributed by atoms with Gasteiger partial charge in [0.2, 0.25) is 0 Å². The number of nitrogens with zero attached hydrogens (tertiary/aromatic N) is 3. The van der Waals surface area contributed by atoms with Crippen LogP contribution in [0.2, 0.25) is 0 Å². The van der Waals surface area contributed by atoms with E-state index in [4.69, 9.17) is 10.5 Å². The number of hydrogen-bond acceptors (Lipinski definition) is 4. The number of nitrogens with two attached hydrogens (primary N) is 1. The SMILES string of the molecule is COc1nccc(CN=C(N)Nc2cccc(C(C)C)c2)n1. The Bertz CT molecular complexity index is 654. The van der Waals surface area contributed by atoms with Crippen molar-refractivity contribution in [1.82, 2.24) is 9.97 Å². The summed E-state index contributed by atoms with van der Waals surface area (Å²) in [5.74, 6) is 0.812. The summed E-state index contributed by atoms with van der Waals surface area (Å²) in [6.45, 7) is 4.67. The third-order valence-corrected chi connectivity index (χ3v) is 3.11. The van der Waals surface area contributed by atoms with Gasteiger partial charge in [-0.25, -0.2) is 9.98 Å². The van der Waals surface area contributed by atoms with E-state index in [0.717, 1.165) is 11.4 Å². The van der Waals surface area contributed by atoms with Crippen molar-refractivity contribution >= 4 is 11.6 Å². The van der Waals surface area contributed by atoms with Crippen molar-refractivity contribution in [1.29, 1.82) is 0 Å². The van der Waals surface area contributed by atoms with Crippen molar-refractivity contribution in [3.63, 3.8) is 0 Å². The number of benzene rings is 1. The molecule has 1 aromatic heterocycles. The van der Waals surface area contributed by atoms with Gasteiger partial charge in [0.05, 0.1) is 19.3 Å². The lowest BCUT2D eigenvalue weighted by Crippen LogP contribution is -2.22. The number of rotatable bonds is 5. The summed E-state index contributed by atoms with van der Waals surface area (Å²) in [6.07, 6.45) is 1.63. The second-order valence-electron chi connectivity index (χ2n) is 5.14. The molecule has 22 heavy (non-hydrogen) atoms. The van der Waals surface area contributed by atoms with Gasteiger partial charge in [0.15, 0.2) is 5.96 Å². The van der Waals surface area contributed by atoms with E-state index in [1.807, 2.05) is 12.1 Å². The number of aliphatic imine (C=N–C) groups is 1. The summed E-state index contributed by atoms with van der Waals surface area (Å²) < 4.78 is 4.98. The minimum atomic E-state index is 0.323. The molecule has 0 atom stereocenters. The summed E-state index contributed by atoms with van der Waals surface area (Å²) >= 11 is 0. The van der Waals surface area contributed by atoms with Crippen molar-refractivity contribution < 1.29 is 4.74 Å². The zero-order valence-corrected chi connectivity index (χ0v) is 13.1. The number of methoxy groups -OCH3 is 1. The van der Waals surface area contributed by atoms with Gasteiger partial charge in [-0.05, 0) is 29.7 Å². The molecule has 0 spiro atoms. The van der Waals surface area contributed by atoms with Crippen LogP contribution in [0.25, 0.3) is 0 Å². The van der Waals surface area contributed by atoms with Crippen LogP contribution in [0.4, 0.5) is 5.69 Å². The molecule has 6 nitrogen and oxygen atoms in total. The van der Waals surface area contributed by atoms with Gasteiger partial charge in [0, 0.05) is 11.9 Å². The Balaban J connectivity index is 2.02. The van der Waals surface area contributed by atoms with E-state index in [1.54, 1.807) is 12.3 Å². The third-order valence-electron chi connectivity index (χ3n) is 3.11. The first kappa shape index (κ1) is 15.8. The second kappa shape index (κ2) is 7.40.